The van der Waals surface area contributed by atoms with E-state index in [1.165, 1.54) is 5.56 Å². The van der Waals surface area contributed by atoms with Crippen molar-refractivity contribution in [3.8, 4) is 0 Å². The van der Waals surface area contributed by atoms with Gasteiger partial charge < -0.3 is 0 Å². The van der Waals surface area contributed by atoms with Crippen LogP contribution in [-0.4, -0.2) is 15.0 Å². The Hall–Kier alpha value is -1.17. The second kappa shape index (κ2) is 6.52. The van der Waals surface area contributed by atoms with Crippen molar-refractivity contribution >= 4 is 26.0 Å². The molecule has 0 atom stereocenters. The Kier molecular flexibility index (Phi) is 4.96. The normalized spacial score (nSPS) is 11.5. The van der Waals surface area contributed by atoms with Gasteiger partial charge in [0.1, 0.15) is 0 Å². The quantitative estimate of drug-likeness (QED) is 0.896. The first-order chi connectivity index (χ1) is 9.47. The van der Waals surface area contributed by atoms with Gasteiger partial charge >= 0.3 is 0 Å². The molecule has 106 valence electrons. The van der Waals surface area contributed by atoms with E-state index in [1.807, 2.05) is 25.1 Å². The lowest BCUT2D eigenvalue weighted by atomic mass is 10.1. The molecule has 5 heteroatoms. The van der Waals surface area contributed by atoms with Gasteiger partial charge in [-0.15, -0.1) is 0 Å². The third kappa shape index (κ3) is 4.16. The van der Waals surface area contributed by atoms with Crippen molar-refractivity contribution in [3.05, 3.63) is 64.1 Å². The molecule has 0 unspecified atom stereocenters. The molecule has 0 heterocycles. The van der Waals surface area contributed by atoms with Crippen LogP contribution < -0.4 is 4.72 Å². The van der Waals surface area contributed by atoms with Crippen LogP contribution in [0.5, 0.6) is 0 Å². The van der Waals surface area contributed by atoms with Gasteiger partial charge in [0, 0.05) is 11.0 Å². The Morgan fingerprint density at radius 2 is 1.80 bits per heavy atom. The smallest absolute Gasteiger partial charge is 0.211 e. The maximum atomic E-state index is 12.1. The minimum Gasteiger partial charge on any atom is -0.211 e. The fraction of sp³-hybridized carbons (Fsp3) is 0.200. The number of benzene rings is 2. The zero-order valence-electron chi connectivity index (χ0n) is 11.1. The van der Waals surface area contributed by atoms with E-state index in [-0.39, 0.29) is 4.90 Å². The van der Waals surface area contributed by atoms with Crippen LogP contribution in [0.3, 0.4) is 0 Å². The van der Waals surface area contributed by atoms with E-state index in [4.69, 9.17) is 0 Å². The summed E-state index contributed by atoms with van der Waals surface area (Å²) in [6.45, 7) is 2.41. The van der Waals surface area contributed by atoms with E-state index in [0.717, 1.165) is 10.0 Å². The number of aryl methyl sites for hydroxylation is 1. The van der Waals surface area contributed by atoms with Crippen molar-refractivity contribution in [3.63, 3.8) is 0 Å². The van der Waals surface area contributed by atoms with Crippen molar-refractivity contribution < 1.29 is 8.42 Å². The van der Waals surface area contributed by atoms with Crippen LogP contribution in [0.1, 0.15) is 11.1 Å². The maximum absolute atomic E-state index is 12.1. The second-order valence-electron chi connectivity index (χ2n) is 4.59. The summed E-state index contributed by atoms with van der Waals surface area (Å²) in [6, 6.07) is 14.7. The number of nitrogens with one attached hydrogen (secondary N) is 1. The molecule has 2 rings (SSSR count). The van der Waals surface area contributed by atoms with E-state index in [9.17, 15) is 8.42 Å². The first kappa shape index (κ1) is 15.2. The fourth-order valence-corrected chi connectivity index (χ4v) is 3.19. The van der Waals surface area contributed by atoms with Crippen molar-refractivity contribution in [1.82, 2.24) is 4.72 Å². The van der Waals surface area contributed by atoms with E-state index in [2.05, 4.69) is 26.7 Å². The van der Waals surface area contributed by atoms with Crippen molar-refractivity contribution in [2.24, 2.45) is 0 Å². The molecule has 0 bridgehead atoms. The van der Waals surface area contributed by atoms with Gasteiger partial charge in [0.25, 0.3) is 0 Å². The first-order valence-corrected chi connectivity index (χ1v) is 8.56. The molecule has 0 aliphatic rings. The summed E-state index contributed by atoms with van der Waals surface area (Å²) in [5, 5.41) is 0. The van der Waals surface area contributed by atoms with Gasteiger partial charge in [-0.25, -0.2) is 13.1 Å². The molecule has 1 N–H and O–H groups in total. The lowest BCUT2D eigenvalue weighted by molar-refractivity contribution is 0.581. The van der Waals surface area contributed by atoms with Crippen LogP contribution in [0.25, 0.3) is 0 Å². The predicted octanol–water partition coefficient (Wildman–Crippen LogP) is 3.28. The average Bonchev–Trinajstić information content (AvgIpc) is 2.39. The predicted molar refractivity (Wildman–Crippen MR) is 84.2 cm³/mol. The Bertz CT molecular complexity index is 681. The topological polar surface area (TPSA) is 46.2 Å². The van der Waals surface area contributed by atoms with E-state index in [1.54, 1.807) is 24.3 Å². The van der Waals surface area contributed by atoms with Crippen molar-refractivity contribution in [1.29, 1.82) is 0 Å². The lowest BCUT2D eigenvalue weighted by Gasteiger charge is -2.07. The largest absolute Gasteiger partial charge is 0.240 e. The zero-order valence-corrected chi connectivity index (χ0v) is 13.5. The van der Waals surface area contributed by atoms with Crippen molar-refractivity contribution in [2.45, 2.75) is 18.2 Å². The monoisotopic (exact) mass is 353 g/mol. The number of halogens is 1. The minimum atomic E-state index is -3.43. The highest BCUT2D eigenvalue weighted by Crippen LogP contribution is 2.14. The summed E-state index contributed by atoms with van der Waals surface area (Å²) in [5.74, 6) is 0. The number of hydrogen-bond donors (Lipinski definition) is 1. The minimum absolute atomic E-state index is 0.282. The molecule has 0 saturated heterocycles. The molecule has 0 aliphatic heterocycles. The Labute approximate surface area is 128 Å². The van der Waals surface area contributed by atoms with Crippen LogP contribution in [-0.2, 0) is 16.4 Å². The Morgan fingerprint density at radius 3 is 2.45 bits per heavy atom. The molecule has 0 spiro atoms. The van der Waals surface area contributed by atoms with Crippen LogP contribution in [0.15, 0.2) is 57.9 Å². The van der Waals surface area contributed by atoms with Gasteiger partial charge in [-0.05, 0) is 43.2 Å². The Balaban J connectivity index is 1.98. The van der Waals surface area contributed by atoms with Gasteiger partial charge in [-0.1, -0.05) is 45.8 Å². The zero-order chi connectivity index (χ0) is 14.6. The third-order valence-electron chi connectivity index (χ3n) is 2.91. The standard InChI is InChI=1S/C15H16BrNO2S/c1-12-3-2-4-13(11-12)9-10-17-20(18,19)15-7-5-14(16)6-8-15/h2-8,11,17H,9-10H2,1H3. The lowest BCUT2D eigenvalue weighted by Crippen LogP contribution is -2.25. The van der Waals surface area contributed by atoms with Crippen LogP contribution in [0, 0.1) is 6.92 Å². The highest BCUT2D eigenvalue weighted by molar-refractivity contribution is 9.10. The molecular formula is C15H16BrNO2S. The molecule has 0 fully saturated rings. The summed E-state index contributed by atoms with van der Waals surface area (Å²) < 4.78 is 27.6. The first-order valence-electron chi connectivity index (χ1n) is 6.28. The molecule has 0 amide bonds. The highest BCUT2D eigenvalue weighted by Gasteiger charge is 2.12. The fourth-order valence-electron chi connectivity index (χ4n) is 1.89. The second-order valence-corrected chi connectivity index (χ2v) is 7.27. The Morgan fingerprint density at radius 1 is 1.10 bits per heavy atom. The number of sulfonamides is 1. The summed E-state index contributed by atoms with van der Waals surface area (Å²) >= 11 is 3.29. The maximum Gasteiger partial charge on any atom is 0.240 e. The van der Waals surface area contributed by atoms with E-state index in [0.29, 0.717) is 13.0 Å². The molecule has 0 aromatic heterocycles. The SMILES string of the molecule is Cc1cccc(CCNS(=O)(=O)c2ccc(Br)cc2)c1. The van der Waals surface area contributed by atoms with Gasteiger partial charge in [-0.2, -0.15) is 0 Å². The van der Waals surface area contributed by atoms with E-state index < -0.39 is 10.0 Å². The van der Waals surface area contributed by atoms with Gasteiger partial charge in [0.15, 0.2) is 0 Å². The summed E-state index contributed by atoms with van der Waals surface area (Å²) in [5.41, 5.74) is 2.31. The number of hydrogen-bond acceptors (Lipinski definition) is 2. The van der Waals surface area contributed by atoms with Crippen LogP contribution in [0.4, 0.5) is 0 Å². The van der Waals surface area contributed by atoms with Crippen LogP contribution >= 0.6 is 15.9 Å². The molecular weight excluding hydrogens is 338 g/mol. The highest BCUT2D eigenvalue weighted by atomic mass is 79.9. The van der Waals surface area contributed by atoms with Gasteiger partial charge in [0.05, 0.1) is 4.90 Å². The van der Waals surface area contributed by atoms with E-state index >= 15 is 0 Å². The van der Waals surface area contributed by atoms with Crippen molar-refractivity contribution in [2.75, 3.05) is 6.54 Å². The molecule has 2 aromatic carbocycles. The van der Waals surface area contributed by atoms with Gasteiger partial charge in [0.2, 0.25) is 10.0 Å². The van der Waals surface area contributed by atoms with Gasteiger partial charge in [-0.3, -0.25) is 0 Å². The molecule has 20 heavy (non-hydrogen) atoms. The van der Waals surface area contributed by atoms with Crippen LogP contribution in [0.2, 0.25) is 0 Å². The average molecular weight is 354 g/mol. The molecule has 3 nitrogen and oxygen atoms in total. The molecule has 0 saturated carbocycles. The summed E-state index contributed by atoms with van der Waals surface area (Å²) in [7, 11) is -3.43. The summed E-state index contributed by atoms with van der Waals surface area (Å²) in [6.07, 6.45) is 0.678. The number of rotatable bonds is 5. The summed E-state index contributed by atoms with van der Waals surface area (Å²) in [4.78, 5) is 0.282. The molecule has 2 aromatic rings. The third-order valence-corrected chi connectivity index (χ3v) is 4.92. The molecule has 0 aliphatic carbocycles. The molecule has 0 radical (unpaired) electrons.